The Labute approximate surface area is 88.0 Å². The fourth-order valence-corrected chi connectivity index (χ4v) is 1.53. The van der Waals surface area contributed by atoms with E-state index >= 15 is 0 Å². The lowest BCUT2D eigenvalue weighted by molar-refractivity contribution is -0.0168. The molecule has 0 aliphatic rings. The summed E-state index contributed by atoms with van der Waals surface area (Å²) in [7, 11) is 1.74. The maximum atomic E-state index is 5.52. The van der Waals surface area contributed by atoms with Gasteiger partial charge in [-0.15, -0.1) is 6.58 Å². The lowest BCUT2D eigenvalue weighted by Crippen LogP contribution is -2.41. The summed E-state index contributed by atoms with van der Waals surface area (Å²) < 4.78 is 5.52. The molecule has 2 nitrogen and oxygen atoms in total. The van der Waals surface area contributed by atoms with E-state index in [-0.39, 0.29) is 11.0 Å². The van der Waals surface area contributed by atoms with Gasteiger partial charge in [0.25, 0.3) is 0 Å². The third-order valence-electron chi connectivity index (χ3n) is 2.50. The molecule has 2 heteroatoms. The molecule has 0 fully saturated rings. The van der Waals surface area contributed by atoms with E-state index in [1.54, 1.807) is 13.3 Å². The second-order valence-electron chi connectivity index (χ2n) is 4.61. The van der Waals surface area contributed by atoms with Crippen LogP contribution in [0.2, 0.25) is 0 Å². The number of rotatable bonds is 7. The van der Waals surface area contributed by atoms with Gasteiger partial charge in [-0.05, 0) is 25.0 Å². The molecule has 0 saturated carbocycles. The van der Waals surface area contributed by atoms with E-state index in [2.05, 4.69) is 39.2 Å². The standard InChI is InChI=1S/C12H23NO/c1-7-11(3,4)9-12(5,14-6)10-13-8-2/h7-8,13H,1-2,9-10H2,3-6H3. The monoisotopic (exact) mass is 197 g/mol. The number of methoxy groups -OCH3 is 1. The van der Waals surface area contributed by atoms with Gasteiger partial charge in [-0.2, -0.15) is 0 Å². The third-order valence-corrected chi connectivity index (χ3v) is 2.50. The predicted octanol–water partition coefficient (Wildman–Crippen LogP) is 2.73. The summed E-state index contributed by atoms with van der Waals surface area (Å²) in [5.41, 5.74) is -0.0838. The normalized spacial score (nSPS) is 15.7. The highest BCUT2D eigenvalue weighted by molar-refractivity contribution is 4.95. The van der Waals surface area contributed by atoms with Crippen molar-refractivity contribution in [1.82, 2.24) is 5.32 Å². The smallest absolute Gasteiger partial charge is 0.0830 e. The summed E-state index contributed by atoms with van der Waals surface area (Å²) >= 11 is 0. The Morgan fingerprint density at radius 2 is 1.86 bits per heavy atom. The largest absolute Gasteiger partial charge is 0.388 e. The van der Waals surface area contributed by atoms with Crippen LogP contribution in [-0.2, 0) is 4.74 Å². The minimum absolute atomic E-state index is 0.0909. The van der Waals surface area contributed by atoms with Gasteiger partial charge < -0.3 is 10.1 Å². The molecule has 0 radical (unpaired) electrons. The average molecular weight is 197 g/mol. The maximum Gasteiger partial charge on any atom is 0.0830 e. The van der Waals surface area contributed by atoms with Crippen molar-refractivity contribution in [3.63, 3.8) is 0 Å². The van der Waals surface area contributed by atoms with Crippen LogP contribution in [0.3, 0.4) is 0 Å². The Morgan fingerprint density at radius 1 is 1.29 bits per heavy atom. The first-order valence-electron chi connectivity index (χ1n) is 4.92. The molecular weight excluding hydrogens is 174 g/mol. The van der Waals surface area contributed by atoms with E-state index in [1.165, 1.54) is 0 Å². The van der Waals surface area contributed by atoms with Crippen LogP contribution in [-0.4, -0.2) is 19.3 Å². The first-order chi connectivity index (χ1) is 6.39. The molecule has 0 spiro atoms. The van der Waals surface area contributed by atoms with Crippen molar-refractivity contribution in [2.75, 3.05) is 13.7 Å². The van der Waals surface area contributed by atoms with Gasteiger partial charge in [0, 0.05) is 13.7 Å². The molecule has 14 heavy (non-hydrogen) atoms. The van der Waals surface area contributed by atoms with Gasteiger partial charge in [0.15, 0.2) is 0 Å². The van der Waals surface area contributed by atoms with Crippen molar-refractivity contribution >= 4 is 0 Å². The molecule has 1 N–H and O–H groups in total. The van der Waals surface area contributed by atoms with E-state index in [0.29, 0.717) is 0 Å². The Morgan fingerprint density at radius 3 is 2.21 bits per heavy atom. The van der Waals surface area contributed by atoms with Crippen LogP contribution < -0.4 is 5.32 Å². The SMILES string of the molecule is C=CNCC(C)(CC(C)(C)C=C)OC. The molecular formula is C12H23NO. The fourth-order valence-electron chi connectivity index (χ4n) is 1.53. The van der Waals surface area contributed by atoms with Gasteiger partial charge in [0.05, 0.1) is 5.60 Å². The van der Waals surface area contributed by atoms with E-state index in [1.807, 2.05) is 6.08 Å². The van der Waals surface area contributed by atoms with Crippen LogP contribution >= 0.6 is 0 Å². The van der Waals surface area contributed by atoms with Crippen molar-refractivity contribution in [3.8, 4) is 0 Å². The number of ether oxygens (including phenoxy) is 1. The van der Waals surface area contributed by atoms with E-state index in [9.17, 15) is 0 Å². The first kappa shape index (κ1) is 13.2. The molecule has 0 aromatic heterocycles. The fraction of sp³-hybridized carbons (Fsp3) is 0.667. The highest BCUT2D eigenvalue weighted by Crippen LogP contribution is 2.30. The van der Waals surface area contributed by atoms with Crippen LogP contribution in [0.5, 0.6) is 0 Å². The quantitative estimate of drug-likeness (QED) is 0.634. The van der Waals surface area contributed by atoms with Crippen LogP contribution in [0.15, 0.2) is 25.4 Å². The van der Waals surface area contributed by atoms with Gasteiger partial charge in [-0.25, -0.2) is 0 Å². The molecule has 0 aromatic carbocycles. The summed E-state index contributed by atoms with van der Waals surface area (Å²) in [6.45, 7) is 14.6. The molecule has 0 aliphatic carbocycles. The summed E-state index contributed by atoms with van der Waals surface area (Å²) in [6, 6.07) is 0. The molecule has 0 bridgehead atoms. The Bertz CT molecular complexity index is 198. The maximum absolute atomic E-state index is 5.52. The van der Waals surface area contributed by atoms with Crippen LogP contribution in [0, 0.1) is 5.41 Å². The minimum Gasteiger partial charge on any atom is -0.388 e. The molecule has 0 aliphatic heterocycles. The second kappa shape index (κ2) is 5.20. The van der Waals surface area contributed by atoms with E-state index in [4.69, 9.17) is 4.74 Å². The molecule has 82 valence electrons. The van der Waals surface area contributed by atoms with Crippen molar-refractivity contribution in [2.45, 2.75) is 32.8 Å². The molecule has 0 amide bonds. The molecule has 0 saturated heterocycles. The molecule has 1 unspecified atom stereocenters. The summed E-state index contributed by atoms with van der Waals surface area (Å²) in [5, 5.41) is 3.09. The zero-order valence-corrected chi connectivity index (χ0v) is 9.89. The predicted molar refractivity (Wildman–Crippen MR) is 62.2 cm³/mol. The van der Waals surface area contributed by atoms with Gasteiger partial charge >= 0.3 is 0 Å². The topological polar surface area (TPSA) is 21.3 Å². The number of allylic oxidation sites excluding steroid dienone is 1. The van der Waals surface area contributed by atoms with Crippen LogP contribution in [0.4, 0.5) is 0 Å². The molecule has 0 aromatic rings. The molecule has 1 atom stereocenters. The number of hydrogen-bond acceptors (Lipinski definition) is 2. The van der Waals surface area contributed by atoms with Gasteiger partial charge in [0.1, 0.15) is 0 Å². The zero-order chi connectivity index (χ0) is 11.2. The summed E-state index contributed by atoms with van der Waals surface area (Å²) in [5.74, 6) is 0. The van der Waals surface area contributed by atoms with Crippen molar-refractivity contribution in [1.29, 1.82) is 0 Å². The third kappa shape index (κ3) is 4.47. The van der Waals surface area contributed by atoms with E-state index < -0.39 is 0 Å². The Hall–Kier alpha value is -0.760. The highest BCUT2D eigenvalue weighted by Gasteiger charge is 2.30. The lowest BCUT2D eigenvalue weighted by atomic mass is 9.81. The van der Waals surface area contributed by atoms with Crippen molar-refractivity contribution in [3.05, 3.63) is 25.4 Å². The number of hydrogen-bond donors (Lipinski definition) is 1. The zero-order valence-electron chi connectivity index (χ0n) is 9.89. The first-order valence-corrected chi connectivity index (χ1v) is 4.92. The molecule has 0 rings (SSSR count). The molecule has 0 heterocycles. The minimum atomic E-state index is -0.175. The summed E-state index contributed by atoms with van der Waals surface area (Å²) in [4.78, 5) is 0. The van der Waals surface area contributed by atoms with Crippen molar-refractivity contribution in [2.24, 2.45) is 5.41 Å². The van der Waals surface area contributed by atoms with Crippen molar-refractivity contribution < 1.29 is 4.74 Å². The van der Waals surface area contributed by atoms with Crippen LogP contribution in [0.25, 0.3) is 0 Å². The Kier molecular flexibility index (Phi) is 4.92. The van der Waals surface area contributed by atoms with Gasteiger partial charge in [-0.3, -0.25) is 0 Å². The average Bonchev–Trinajstić information content (AvgIpc) is 2.14. The highest BCUT2D eigenvalue weighted by atomic mass is 16.5. The number of nitrogens with one attached hydrogen (secondary N) is 1. The van der Waals surface area contributed by atoms with E-state index in [0.717, 1.165) is 13.0 Å². The van der Waals surface area contributed by atoms with Gasteiger partial charge in [0.2, 0.25) is 0 Å². The lowest BCUT2D eigenvalue weighted by Gasteiger charge is -2.35. The van der Waals surface area contributed by atoms with Gasteiger partial charge in [-0.1, -0.05) is 26.5 Å². The summed E-state index contributed by atoms with van der Waals surface area (Å²) in [6.07, 6.45) is 4.59. The second-order valence-corrected chi connectivity index (χ2v) is 4.61. The van der Waals surface area contributed by atoms with Crippen LogP contribution in [0.1, 0.15) is 27.2 Å². The Balaban J connectivity index is 4.37.